The van der Waals surface area contributed by atoms with Crippen LogP contribution in [0, 0.1) is 0 Å². The third-order valence-electron chi connectivity index (χ3n) is 3.00. The quantitative estimate of drug-likeness (QED) is 0.419. The van der Waals surface area contributed by atoms with Crippen molar-refractivity contribution >= 4 is 18.0 Å². The van der Waals surface area contributed by atoms with Crippen LogP contribution >= 0.6 is 0 Å². The fourth-order valence-corrected chi connectivity index (χ4v) is 2.01. The zero-order valence-corrected chi connectivity index (χ0v) is 16.9. The van der Waals surface area contributed by atoms with Gasteiger partial charge in [-0.05, 0) is 67.3 Å². The molecule has 8 heteroatoms. The predicted molar refractivity (Wildman–Crippen MR) is 99.5 cm³/mol. The molecule has 0 rings (SSSR count). The standard InChI is InChI=1S/C18H35N3O5/c1-17(2,3)25-14(22)10-12-20-15(23)13(9-7-8-11-19)21-16(24)26-18(4,5)6/h13H,7-12,19H2,1-6H3,(H,20,23)(H,21,24)/t13-/m0/s1. The molecule has 0 aromatic rings. The average molecular weight is 373 g/mol. The van der Waals surface area contributed by atoms with Gasteiger partial charge >= 0.3 is 12.1 Å². The van der Waals surface area contributed by atoms with Crippen molar-refractivity contribution in [3.8, 4) is 0 Å². The second-order valence-corrected chi connectivity index (χ2v) is 8.11. The van der Waals surface area contributed by atoms with Gasteiger partial charge in [-0.15, -0.1) is 0 Å². The van der Waals surface area contributed by atoms with Crippen molar-refractivity contribution in [2.45, 2.75) is 84.5 Å². The fraction of sp³-hybridized carbons (Fsp3) is 0.833. The summed E-state index contributed by atoms with van der Waals surface area (Å²) in [5.41, 5.74) is 4.26. The summed E-state index contributed by atoms with van der Waals surface area (Å²) in [5, 5.41) is 5.23. The van der Waals surface area contributed by atoms with E-state index >= 15 is 0 Å². The van der Waals surface area contributed by atoms with Gasteiger partial charge in [-0.1, -0.05) is 0 Å². The number of carbonyl (C=O) groups excluding carboxylic acids is 3. The number of amides is 2. The zero-order chi connectivity index (χ0) is 20.4. The van der Waals surface area contributed by atoms with Crippen molar-refractivity contribution < 1.29 is 23.9 Å². The van der Waals surface area contributed by atoms with Crippen LogP contribution < -0.4 is 16.4 Å². The topological polar surface area (TPSA) is 120 Å². The maximum absolute atomic E-state index is 12.3. The number of rotatable bonds is 9. The summed E-state index contributed by atoms with van der Waals surface area (Å²) in [4.78, 5) is 36.0. The van der Waals surface area contributed by atoms with E-state index in [0.717, 1.165) is 6.42 Å². The Balaban J connectivity index is 4.54. The number of nitrogens with one attached hydrogen (secondary N) is 2. The number of nitrogens with two attached hydrogens (primary N) is 1. The molecule has 0 saturated heterocycles. The molecule has 152 valence electrons. The Bertz CT molecular complexity index is 466. The molecule has 0 spiro atoms. The van der Waals surface area contributed by atoms with E-state index in [1.165, 1.54) is 0 Å². The van der Waals surface area contributed by atoms with Gasteiger partial charge in [-0.3, -0.25) is 9.59 Å². The SMILES string of the molecule is CC(C)(C)OC(=O)CCNC(=O)[C@H](CCCCN)NC(=O)OC(C)(C)C. The van der Waals surface area contributed by atoms with Gasteiger partial charge in [0.05, 0.1) is 6.42 Å². The molecule has 26 heavy (non-hydrogen) atoms. The molecule has 0 fully saturated rings. The Morgan fingerprint density at radius 3 is 2.04 bits per heavy atom. The molecule has 0 saturated carbocycles. The van der Waals surface area contributed by atoms with Gasteiger partial charge in [0.25, 0.3) is 0 Å². The molecule has 1 atom stereocenters. The maximum atomic E-state index is 12.3. The van der Waals surface area contributed by atoms with Gasteiger partial charge in [-0.2, -0.15) is 0 Å². The summed E-state index contributed by atoms with van der Waals surface area (Å²) >= 11 is 0. The minimum Gasteiger partial charge on any atom is -0.460 e. The van der Waals surface area contributed by atoms with E-state index in [2.05, 4.69) is 10.6 Å². The number of ether oxygens (including phenoxy) is 2. The van der Waals surface area contributed by atoms with Crippen LogP contribution in [0.3, 0.4) is 0 Å². The van der Waals surface area contributed by atoms with E-state index in [4.69, 9.17) is 15.2 Å². The number of unbranched alkanes of at least 4 members (excludes halogenated alkanes) is 1. The van der Waals surface area contributed by atoms with Crippen LogP contribution in [0.25, 0.3) is 0 Å². The second-order valence-electron chi connectivity index (χ2n) is 8.11. The van der Waals surface area contributed by atoms with E-state index < -0.39 is 29.3 Å². The van der Waals surface area contributed by atoms with Crippen LogP contribution in [0.4, 0.5) is 4.79 Å². The van der Waals surface area contributed by atoms with Gasteiger partial charge in [0.1, 0.15) is 17.2 Å². The molecule has 4 N–H and O–H groups in total. The average Bonchev–Trinajstić information content (AvgIpc) is 2.42. The van der Waals surface area contributed by atoms with Crippen molar-refractivity contribution in [1.82, 2.24) is 10.6 Å². The molecule has 2 amide bonds. The molecule has 0 radical (unpaired) electrons. The highest BCUT2D eigenvalue weighted by Gasteiger charge is 2.24. The molecule has 0 heterocycles. The smallest absolute Gasteiger partial charge is 0.408 e. The van der Waals surface area contributed by atoms with Gasteiger partial charge in [0.2, 0.25) is 5.91 Å². The van der Waals surface area contributed by atoms with Crippen molar-refractivity contribution in [1.29, 1.82) is 0 Å². The maximum Gasteiger partial charge on any atom is 0.408 e. The van der Waals surface area contributed by atoms with Gasteiger partial charge in [-0.25, -0.2) is 4.79 Å². The summed E-state index contributed by atoms with van der Waals surface area (Å²) in [6.07, 6.45) is 1.28. The molecule has 8 nitrogen and oxygen atoms in total. The molecule has 0 unspecified atom stereocenters. The number of hydrogen-bond donors (Lipinski definition) is 3. The number of carbonyl (C=O) groups is 3. The first kappa shape index (κ1) is 24.2. The lowest BCUT2D eigenvalue weighted by molar-refractivity contribution is -0.154. The van der Waals surface area contributed by atoms with E-state index in [1.807, 2.05) is 0 Å². The Kier molecular flexibility index (Phi) is 10.2. The largest absolute Gasteiger partial charge is 0.460 e. The van der Waals surface area contributed by atoms with Crippen molar-refractivity contribution in [2.75, 3.05) is 13.1 Å². The third kappa shape index (κ3) is 13.5. The fourth-order valence-electron chi connectivity index (χ4n) is 2.01. The summed E-state index contributed by atoms with van der Waals surface area (Å²) < 4.78 is 10.4. The molecule has 0 aliphatic carbocycles. The third-order valence-corrected chi connectivity index (χ3v) is 3.00. The lowest BCUT2D eigenvalue weighted by Crippen LogP contribution is -2.48. The zero-order valence-electron chi connectivity index (χ0n) is 16.9. The van der Waals surface area contributed by atoms with E-state index in [1.54, 1.807) is 41.5 Å². The molecule has 0 aromatic carbocycles. The molecular formula is C18H35N3O5. The van der Waals surface area contributed by atoms with E-state index in [0.29, 0.717) is 19.4 Å². The van der Waals surface area contributed by atoms with Crippen LogP contribution in [-0.2, 0) is 19.1 Å². The van der Waals surface area contributed by atoms with Gasteiger partial charge in [0.15, 0.2) is 0 Å². The molecule has 0 aromatic heterocycles. The van der Waals surface area contributed by atoms with Crippen LogP contribution in [-0.4, -0.2) is 48.3 Å². The number of hydrogen-bond acceptors (Lipinski definition) is 6. The van der Waals surface area contributed by atoms with Crippen molar-refractivity contribution in [3.63, 3.8) is 0 Å². The first-order valence-corrected chi connectivity index (χ1v) is 9.03. The molecular weight excluding hydrogens is 338 g/mol. The van der Waals surface area contributed by atoms with Crippen molar-refractivity contribution in [2.24, 2.45) is 5.73 Å². The normalized spacial score (nSPS) is 12.9. The minimum atomic E-state index is -0.741. The Morgan fingerprint density at radius 1 is 0.962 bits per heavy atom. The number of alkyl carbamates (subject to hydrolysis) is 1. The Labute approximate surface area is 156 Å². The Hall–Kier alpha value is -1.83. The summed E-state index contributed by atoms with van der Waals surface area (Å²) in [6.45, 7) is 11.2. The second kappa shape index (κ2) is 11.0. The lowest BCUT2D eigenvalue weighted by Gasteiger charge is -2.23. The highest BCUT2D eigenvalue weighted by Crippen LogP contribution is 2.09. The first-order valence-electron chi connectivity index (χ1n) is 9.03. The summed E-state index contributed by atoms with van der Waals surface area (Å²) in [5.74, 6) is -0.756. The molecule has 0 aliphatic heterocycles. The summed E-state index contributed by atoms with van der Waals surface area (Å²) in [7, 11) is 0. The molecule has 0 aliphatic rings. The molecule has 0 bridgehead atoms. The Morgan fingerprint density at radius 2 is 1.54 bits per heavy atom. The van der Waals surface area contributed by atoms with Gasteiger partial charge in [0, 0.05) is 6.54 Å². The van der Waals surface area contributed by atoms with Crippen LogP contribution in [0.5, 0.6) is 0 Å². The van der Waals surface area contributed by atoms with Crippen LogP contribution in [0.1, 0.15) is 67.2 Å². The first-order chi connectivity index (χ1) is 11.8. The van der Waals surface area contributed by atoms with Crippen LogP contribution in [0.2, 0.25) is 0 Å². The monoisotopic (exact) mass is 373 g/mol. The minimum absolute atomic E-state index is 0.0605. The number of esters is 1. The lowest BCUT2D eigenvalue weighted by atomic mass is 10.1. The van der Waals surface area contributed by atoms with Gasteiger partial charge < -0.3 is 25.8 Å². The highest BCUT2D eigenvalue weighted by molar-refractivity contribution is 5.86. The van der Waals surface area contributed by atoms with Crippen molar-refractivity contribution in [3.05, 3.63) is 0 Å². The highest BCUT2D eigenvalue weighted by atomic mass is 16.6. The van der Waals surface area contributed by atoms with E-state index in [-0.39, 0.29) is 18.9 Å². The van der Waals surface area contributed by atoms with Crippen LogP contribution in [0.15, 0.2) is 0 Å². The summed E-state index contributed by atoms with van der Waals surface area (Å²) in [6, 6.07) is -0.741. The van der Waals surface area contributed by atoms with E-state index in [9.17, 15) is 14.4 Å². The predicted octanol–water partition coefficient (Wildman–Crippen LogP) is 1.86.